The largest absolute Gasteiger partial charge is 0.493 e. The SMILES string of the molecule is CCCC[N+]1=C=[N+](c2[c-]cc3c(c2)oc2ncccc23)C=C1.[Ir].[c-]1ccccc1-c1ccccn1. The van der Waals surface area contributed by atoms with Gasteiger partial charge in [-0.1, -0.05) is 52.1 Å². The molecule has 6 heteroatoms. The molecule has 175 valence electrons. The van der Waals surface area contributed by atoms with E-state index in [1.165, 1.54) is 6.42 Å². The summed E-state index contributed by atoms with van der Waals surface area (Å²) >= 11 is 0. The van der Waals surface area contributed by atoms with Crippen LogP contribution in [0.5, 0.6) is 0 Å². The van der Waals surface area contributed by atoms with Gasteiger partial charge in [0.25, 0.3) is 6.20 Å². The number of nitrogens with zero attached hydrogens (tertiary/aromatic N) is 4. The van der Waals surface area contributed by atoms with E-state index in [-0.39, 0.29) is 20.1 Å². The first-order valence-electron chi connectivity index (χ1n) is 11.4. The Balaban J connectivity index is 0.000000189. The van der Waals surface area contributed by atoms with Crippen LogP contribution in [0.3, 0.4) is 0 Å². The van der Waals surface area contributed by atoms with Gasteiger partial charge in [0.1, 0.15) is 5.69 Å². The second-order valence-corrected chi connectivity index (χ2v) is 7.86. The van der Waals surface area contributed by atoms with Crippen molar-refractivity contribution in [3.05, 3.63) is 104 Å². The monoisotopic (exact) mass is 637 g/mol. The number of unbranched alkanes of at least 4 members (excludes halogenated alkanes) is 1. The molecule has 0 saturated heterocycles. The first-order chi connectivity index (χ1) is 16.8. The standard InChI is InChI=1S/C18H16N3O.C11H8N.Ir/c1-2-3-9-20-10-11-21(13-20)14-6-7-15-16-5-4-8-19-18(16)22-17(15)12-14;1-2-6-10(7-3-1)11-8-4-5-9-12-11;/h4-5,7-8,10-12H,2-3,9H2,1H3;1-6,8-9H;/q+1;-1;. The molecule has 6 rings (SSSR count). The van der Waals surface area contributed by atoms with Gasteiger partial charge in [0.15, 0.2) is 6.54 Å². The summed E-state index contributed by atoms with van der Waals surface area (Å²) in [6.07, 6.45) is 9.89. The number of furan rings is 1. The second kappa shape index (κ2) is 11.6. The molecule has 0 bridgehead atoms. The smallest absolute Gasteiger partial charge is 0.465 e. The molecular weight excluding hydrogens is 613 g/mol. The van der Waals surface area contributed by atoms with Crippen molar-refractivity contribution in [1.29, 1.82) is 0 Å². The van der Waals surface area contributed by atoms with E-state index in [9.17, 15) is 0 Å². The molecule has 3 aromatic heterocycles. The minimum atomic E-state index is 0. The van der Waals surface area contributed by atoms with E-state index in [4.69, 9.17) is 4.42 Å². The minimum Gasteiger partial charge on any atom is -0.465 e. The molecule has 1 aliphatic heterocycles. The molecule has 0 N–H and O–H groups in total. The van der Waals surface area contributed by atoms with Crippen molar-refractivity contribution < 1.29 is 33.7 Å². The van der Waals surface area contributed by atoms with Gasteiger partial charge < -0.3 is 9.40 Å². The molecular formula is C29H24IrN4O. The zero-order chi connectivity index (χ0) is 23.2. The number of fused-ring (bicyclic) bond motifs is 3. The van der Waals surface area contributed by atoms with E-state index in [0.29, 0.717) is 5.71 Å². The summed E-state index contributed by atoms with van der Waals surface area (Å²) in [6.45, 7) is 3.18. The fraction of sp³-hybridized carbons (Fsp3) is 0.138. The zero-order valence-corrected chi connectivity index (χ0v) is 21.7. The predicted molar refractivity (Wildman–Crippen MR) is 133 cm³/mol. The average molecular weight is 637 g/mol. The molecule has 0 saturated carbocycles. The van der Waals surface area contributed by atoms with Crippen LogP contribution in [0.1, 0.15) is 19.8 Å². The molecule has 0 spiro atoms. The second-order valence-electron chi connectivity index (χ2n) is 7.86. The molecule has 35 heavy (non-hydrogen) atoms. The van der Waals surface area contributed by atoms with Crippen LogP contribution in [0, 0.1) is 12.1 Å². The summed E-state index contributed by atoms with van der Waals surface area (Å²) < 4.78 is 9.83. The van der Waals surface area contributed by atoms with Crippen molar-refractivity contribution in [2.45, 2.75) is 19.8 Å². The number of pyridine rings is 2. The summed E-state index contributed by atoms with van der Waals surface area (Å²) in [4.78, 5) is 8.48. The van der Waals surface area contributed by atoms with Crippen LogP contribution >= 0.6 is 0 Å². The van der Waals surface area contributed by atoms with E-state index in [1.54, 1.807) is 12.4 Å². The molecule has 2 aromatic carbocycles. The van der Waals surface area contributed by atoms with Crippen LogP contribution in [0.4, 0.5) is 5.69 Å². The Morgan fingerprint density at radius 2 is 1.83 bits per heavy atom. The van der Waals surface area contributed by atoms with Crippen LogP contribution in [-0.2, 0) is 20.1 Å². The summed E-state index contributed by atoms with van der Waals surface area (Å²) in [6, 6.07) is 31.3. The first kappa shape index (κ1) is 24.4. The maximum atomic E-state index is 5.82. The van der Waals surface area contributed by atoms with Crippen molar-refractivity contribution in [1.82, 2.24) is 9.97 Å². The fourth-order valence-electron chi connectivity index (χ4n) is 3.69. The van der Waals surface area contributed by atoms with Crippen LogP contribution in [-0.4, -0.2) is 31.7 Å². The molecule has 0 aliphatic carbocycles. The van der Waals surface area contributed by atoms with Gasteiger partial charge in [-0.3, -0.25) is 0 Å². The quantitative estimate of drug-likeness (QED) is 0.165. The molecule has 0 amide bonds. The maximum Gasteiger partial charge on any atom is 0.493 e. The van der Waals surface area contributed by atoms with Gasteiger partial charge in [0.05, 0.1) is 0 Å². The number of benzene rings is 2. The van der Waals surface area contributed by atoms with E-state index >= 15 is 0 Å². The molecule has 1 radical (unpaired) electrons. The van der Waals surface area contributed by atoms with Crippen LogP contribution in [0.2, 0.25) is 0 Å². The zero-order valence-electron chi connectivity index (χ0n) is 19.3. The predicted octanol–water partition coefficient (Wildman–Crippen LogP) is 6.44. The van der Waals surface area contributed by atoms with Crippen LogP contribution in [0.15, 0.2) is 95.9 Å². The summed E-state index contributed by atoms with van der Waals surface area (Å²) in [5.74, 6) is 0. The van der Waals surface area contributed by atoms with Gasteiger partial charge in [-0.25, -0.2) is 4.98 Å². The molecule has 5 aromatic rings. The first-order valence-corrected chi connectivity index (χ1v) is 11.4. The third-order valence-electron chi connectivity index (χ3n) is 5.46. The molecule has 0 atom stereocenters. The van der Waals surface area contributed by atoms with Gasteiger partial charge >= 0.3 is 6.01 Å². The van der Waals surface area contributed by atoms with Gasteiger partial charge in [0.2, 0.25) is 11.9 Å². The van der Waals surface area contributed by atoms with Gasteiger partial charge in [-0.15, -0.1) is 42.0 Å². The Hall–Kier alpha value is -3.69. The van der Waals surface area contributed by atoms with Crippen molar-refractivity contribution in [2.24, 2.45) is 0 Å². The Morgan fingerprint density at radius 1 is 0.943 bits per heavy atom. The van der Waals surface area contributed by atoms with Crippen molar-refractivity contribution in [2.75, 3.05) is 6.54 Å². The minimum absolute atomic E-state index is 0. The van der Waals surface area contributed by atoms with Crippen molar-refractivity contribution in [3.63, 3.8) is 0 Å². The number of hydrogen-bond donors (Lipinski definition) is 0. The Morgan fingerprint density at radius 3 is 2.63 bits per heavy atom. The molecule has 0 fully saturated rings. The maximum absolute atomic E-state index is 5.82. The van der Waals surface area contributed by atoms with Crippen molar-refractivity contribution in [3.8, 4) is 11.3 Å². The normalized spacial score (nSPS) is 12.0. The summed E-state index contributed by atoms with van der Waals surface area (Å²) in [5.41, 5.74) is 4.42. The third-order valence-corrected chi connectivity index (χ3v) is 5.46. The average Bonchev–Trinajstić information content (AvgIpc) is 3.53. The van der Waals surface area contributed by atoms with Gasteiger partial charge in [0, 0.05) is 44.5 Å². The Labute approximate surface area is 218 Å². The van der Waals surface area contributed by atoms with Crippen LogP contribution < -0.4 is 0 Å². The summed E-state index contributed by atoms with van der Waals surface area (Å²) in [7, 11) is 0. The van der Waals surface area contributed by atoms with Gasteiger partial charge in [-0.05, 0) is 23.2 Å². The molecule has 1 aliphatic rings. The molecule has 5 nitrogen and oxygen atoms in total. The van der Waals surface area contributed by atoms with E-state index in [1.807, 2.05) is 83.7 Å². The topological polar surface area (TPSA) is 44.9 Å². The molecule has 4 heterocycles. The van der Waals surface area contributed by atoms with Crippen molar-refractivity contribution >= 4 is 33.8 Å². The Bertz CT molecular complexity index is 1480. The third kappa shape index (κ3) is 5.69. The van der Waals surface area contributed by atoms with E-state index in [0.717, 1.165) is 46.3 Å². The summed E-state index contributed by atoms with van der Waals surface area (Å²) in [5, 5.41) is 2.06. The number of hydrogen-bond acceptors (Lipinski definition) is 3. The van der Waals surface area contributed by atoms with Crippen LogP contribution in [0.25, 0.3) is 33.3 Å². The fourth-order valence-corrected chi connectivity index (χ4v) is 3.69. The molecule has 0 unspecified atom stereocenters. The van der Waals surface area contributed by atoms with Gasteiger partial charge in [-0.2, -0.15) is 6.07 Å². The van der Waals surface area contributed by atoms with E-state index < -0.39 is 0 Å². The Kier molecular flexibility index (Phi) is 8.12. The number of aromatic nitrogens is 2. The van der Waals surface area contributed by atoms with E-state index in [2.05, 4.69) is 39.6 Å². The number of rotatable bonds is 5.